The number of hydrogen-bond acceptors (Lipinski definition) is 4. The fraction of sp³-hybridized carbons (Fsp3) is 0.200. The summed E-state index contributed by atoms with van der Waals surface area (Å²) in [4.78, 5) is 12.7. The molecule has 1 N–H and O–H groups in total. The van der Waals surface area contributed by atoms with Crippen molar-refractivity contribution in [1.29, 1.82) is 0 Å². The molecule has 7 heteroatoms. The summed E-state index contributed by atoms with van der Waals surface area (Å²) >= 11 is 6.36. The quantitative estimate of drug-likeness (QED) is 0.558. The van der Waals surface area contributed by atoms with Crippen molar-refractivity contribution < 1.29 is 14.5 Å². The van der Waals surface area contributed by atoms with Crippen molar-refractivity contribution >= 4 is 30.0 Å². The summed E-state index contributed by atoms with van der Waals surface area (Å²) in [5, 5.41) is 14.7. The van der Waals surface area contributed by atoms with Crippen LogP contribution in [0.3, 0.4) is 0 Å². The number of fused-ring (bicyclic) bond motifs is 1. The molecular weight excluding hydrogens is 362 g/mol. The smallest absolute Gasteiger partial charge is 0.423 e. The minimum Gasteiger partial charge on any atom is -0.423 e. The molecular formula is C20H18BClN2O3. The Bertz CT molecular complexity index is 1020. The molecule has 0 aliphatic carbocycles. The normalized spacial score (nSPS) is 13.5. The summed E-state index contributed by atoms with van der Waals surface area (Å²) in [6.45, 7) is 2.42. The van der Waals surface area contributed by atoms with E-state index in [1.165, 1.54) is 0 Å². The summed E-state index contributed by atoms with van der Waals surface area (Å²) in [5.41, 5.74) is 4.80. The van der Waals surface area contributed by atoms with Gasteiger partial charge in [0.1, 0.15) is 0 Å². The zero-order valence-electron chi connectivity index (χ0n) is 14.9. The number of aromatic nitrogens is 2. The SMILES string of the molecule is Cc1ccn(-c2ccc(C(=O)Cc3ccc4c(c3)B(O)OCC4)c(Cl)c2)n1. The zero-order valence-corrected chi connectivity index (χ0v) is 15.6. The van der Waals surface area contributed by atoms with Crippen molar-refractivity contribution in [2.24, 2.45) is 0 Å². The van der Waals surface area contributed by atoms with E-state index in [1.54, 1.807) is 16.8 Å². The van der Waals surface area contributed by atoms with Gasteiger partial charge < -0.3 is 9.68 Å². The Labute approximate surface area is 162 Å². The van der Waals surface area contributed by atoms with E-state index in [9.17, 15) is 9.82 Å². The lowest BCUT2D eigenvalue weighted by molar-refractivity contribution is 0.0993. The molecule has 0 atom stereocenters. The van der Waals surface area contributed by atoms with Crippen LogP contribution in [-0.2, 0) is 17.5 Å². The molecule has 1 aromatic heterocycles. The third-order valence-corrected chi connectivity index (χ3v) is 5.04. The van der Waals surface area contributed by atoms with Gasteiger partial charge >= 0.3 is 7.12 Å². The molecule has 2 heterocycles. The molecule has 1 aliphatic rings. The lowest BCUT2D eigenvalue weighted by Crippen LogP contribution is -2.41. The van der Waals surface area contributed by atoms with Crippen LogP contribution in [0, 0.1) is 6.92 Å². The summed E-state index contributed by atoms with van der Waals surface area (Å²) in [6.07, 6.45) is 2.82. The maximum atomic E-state index is 12.7. The first kappa shape index (κ1) is 18.0. The molecule has 0 unspecified atom stereocenters. The standard InChI is InChI=1S/C20H18BClN2O3/c1-13-6-8-24(23-13)16-4-5-17(19(22)12-16)20(25)11-14-2-3-15-7-9-27-21(26)18(15)10-14/h2-6,8,10,12,26H,7,9,11H2,1H3. The number of nitrogens with zero attached hydrogens (tertiary/aromatic N) is 2. The van der Waals surface area contributed by atoms with Crippen LogP contribution in [0.4, 0.5) is 0 Å². The molecule has 2 aromatic carbocycles. The van der Waals surface area contributed by atoms with E-state index in [2.05, 4.69) is 5.10 Å². The fourth-order valence-corrected chi connectivity index (χ4v) is 3.57. The molecule has 0 bridgehead atoms. The van der Waals surface area contributed by atoms with E-state index in [4.69, 9.17) is 16.3 Å². The maximum absolute atomic E-state index is 12.7. The van der Waals surface area contributed by atoms with Crippen LogP contribution in [0.1, 0.15) is 27.2 Å². The second-order valence-electron chi connectivity index (χ2n) is 6.67. The van der Waals surface area contributed by atoms with Gasteiger partial charge in [-0.2, -0.15) is 5.10 Å². The Morgan fingerprint density at radius 1 is 1.30 bits per heavy atom. The van der Waals surface area contributed by atoms with Gasteiger partial charge in [0.15, 0.2) is 5.78 Å². The number of halogens is 1. The molecule has 5 nitrogen and oxygen atoms in total. The van der Waals surface area contributed by atoms with Crippen molar-refractivity contribution in [3.63, 3.8) is 0 Å². The summed E-state index contributed by atoms with van der Waals surface area (Å²) < 4.78 is 6.99. The minimum absolute atomic E-state index is 0.0747. The molecule has 0 saturated carbocycles. The van der Waals surface area contributed by atoms with Crippen LogP contribution in [-0.4, -0.2) is 34.3 Å². The van der Waals surface area contributed by atoms with E-state index >= 15 is 0 Å². The molecule has 136 valence electrons. The highest BCUT2D eigenvalue weighted by atomic mass is 35.5. The first-order valence-corrected chi connectivity index (χ1v) is 9.16. The Balaban J connectivity index is 1.56. The molecule has 27 heavy (non-hydrogen) atoms. The van der Waals surface area contributed by atoms with Crippen molar-refractivity contribution in [1.82, 2.24) is 9.78 Å². The number of Topliss-reactive ketones (excluding diaryl/α,β-unsaturated/α-hetero) is 1. The number of hydrogen-bond donors (Lipinski definition) is 1. The van der Waals surface area contributed by atoms with E-state index in [0.29, 0.717) is 17.2 Å². The van der Waals surface area contributed by atoms with Crippen molar-refractivity contribution in [3.8, 4) is 5.69 Å². The van der Waals surface area contributed by atoms with Gasteiger partial charge in [-0.3, -0.25) is 4.79 Å². The van der Waals surface area contributed by atoms with Crippen LogP contribution in [0.5, 0.6) is 0 Å². The lowest BCUT2D eigenvalue weighted by Gasteiger charge is -2.19. The molecule has 0 radical (unpaired) electrons. The van der Waals surface area contributed by atoms with Crippen LogP contribution >= 0.6 is 11.6 Å². The van der Waals surface area contributed by atoms with E-state index in [-0.39, 0.29) is 12.2 Å². The first-order valence-electron chi connectivity index (χ1n) is 8.78. The first-order chi connectivity index (χ1) is 13.0. The number of rotatable bonds is 4. The highest BCUT2D eigenvalue weighted by molar-refractivity contribution is 6.60. The van der Waals surface area contributed by atoms with Gasteiger partial charge in [0, 0.05) is 24.8 Å². The summed E-state index contributed by atoms with van der Waals surface area (Å²) in [6, 6.07) is 12.9. The molecule has 3 aromatic rings. The number of carbonyl (C=O) groups is 1. The zero-order chi connectivity index (χ0) is 19.0. The molecule has 0 saturated heterocycles. The number of ketones is 1. The van der Waals surface area contributed by atoms with Gasteiger partial charge in [0.05, 0.1) is 16.4 Å². The van der Waals surface area contributed by atoms with Gasteiger partial charge in [-0.1, -0.05) is 29.8 Å². The minimum atomic E-state index is -0.927. The van der Waals surface area contributed by atoms with E-state index < -0.39 is 7.12 Å². The second-order valence-corrected chi connectivity index (χ2v) is 7.08. The topological polar surface area (TPSA) is 64.4 Å². The fourth-order valence-electron chi connectivity index (χ4n) is 3.29. The average Bonchev–Trinajstić information content (AvgIpc) is 3.08. The number of aryl methyl sites for hydroxylation is 1. The average molecular weight is 381 g/mol. The monoisotopic (exact) mass is 380 g/mol. The molecule has 0 fully saturated rings. The van der Waals surface area contributed by atoms with Crippen LogP contribution in [0.25, 0.3) is 5.69 Å². The van der Waals surface area contributed by atoms with Gasteiger partial charge in [-0.05, 0) is 54.2 Å². The number of benzene rings is 2. The van der Waals surface area contributed by atoms with Crippen molar-refractivity contribution in [2.45, 2.75) is 19.8 Å². The predicted octanol–water partition coefficient (Wildman–Crippen LogP) is 2.52. The molecule has 0 spiro atoms. The summed E-state index contributed by atoms with van der Waals surface area (Å²) in [7, 11) is -0.927. The summed E-state index contributed by atoms with van der Waals surface area (Å²) in [5.74, 6) is -0.0747. The van der Waals surface area contributed by atoms with E-state index in [0.717, 1.165) is 34.4 Å². The van der Waals surface area contributed by atoms with Crippen molar-refractivity contribution in [3.05, 3.63) is 76.1 Å². The Hall–Kier alpha value is -2.41. The van der Waals surface area contributed by atoms with Gasteiger partial charge in [-0.25, -0.2) is 4.68 Å². The van der Waals surface area contributed by atoms with Gasteiger partial charge in [-0.15, -0.1) is 0 Å². The molecule has 0 amide bonds. The highest BCUT2D eigenvalue weighted by Gasteiger charge is 2.25. The lowest BCUT2D eigenvalue weighted by atomic mass is 9.73. The third-order valence-electron chi connectivity index (χ3n) is 4.73. The van der Waals surface area contributed by atoms with Crippen LogP contribution in [0.2, 0.25) is 5.02 Å². The third kappa shape index (κ3) is 3.69. The second kappa shape index (κ2) is 7.31. The van der Waals surface area contributed by atoms with Gasteiger partial charge in [0.25, 0.3) is 0 Å². The highest BCUT2D eigenvalue weighted by Crippen LogP contribution is 2.22. The Morgan fingerprint density at radius 3 is 2.89 bits per heavy atom. The molecule has 1 aliphatic heterocycles. The maximum Gasteiger partial charge on any atom is 0.491 e. The predicted molar refractivity (Wildman–Crippen MR) is 105 cm³/mol. The van der Waals surface area contributed by atoms with E-state index in [1.807, 2.05) is 43.5 Å². The molecule has 4 rings (SSSR count). The number of carbonyl (C=O) groups excluding carboxylic acids is 1. The Morgan fingerprint density at radius 2 is 2.15 bits per heavy atom. The Kier molecular flexibility index (Phi) is 4.87. The van der Waals surface area contributed by atoms with Crippen LogP contribution in [0.15, 0.2) is 48.7 Å². The van der Waals surface area contributed by atoms with Gasteiger partial charge in [0.2, 0.25) is 0 Å². The van der Waals surface area contributed by atoms with Crippen molar-refractivity contribution in [2.75, 3.05) is 6.61 Å². The van der Waals surface area contributed by atoms with Crippen LogP contribution < -0.4 is 5.46 Å². The largest absolute Gasteiger partial charge is 0.491 e.